The molecule has 0 aromatic carbocycles. The van der Waals surface area contributed by atoms with Crippen LogP contribution in [-0.2, 0) is 4.79 Å². The van der Waals surface area contributed by atoms with E-state index in [9.17, 15) is 4.79 Å². The number of aliphatic imine (C=N–C) groups is 1. The Kier molecular flexibility index (Phi) is 2.17. The molecular weight excluding hydrogens is 150 g/mol. The number of carboxylic acid groups (broad SMARTS) is 1. The molecule has 1 heterocycles. The quantitative estimate of drug-likeness (QED) is 0.461. The molecule has 11 heavy (non-hydrogen) atoms. The third-order valence-corrected chi connectivity index (χ3v) is 1.07. The van der Waals surface area contributed by atoms with Gasteiger partial charge in [-0.2, -0.15) is 5.10 Å². The molecule has 0 aromatic rings. The Morgan fingerprint density at radius 1 is 1.73 bits per heavy atom. The van der Waals surface area contributed by atoms with Crippen LogP contribution in [0.3, 0.4) is 0 Å². The smallest absolute Gasteiger partial charge is 0.360 e. The van der Waals surface area contributed by atoms with Gasteiger partial charge < -0.3 is 10.2 Å². The molecule has 0 atom stereocenters. The molecule has 1 aliphatic rings. The van der Waals surface area contributed by atoms with Crippen LogP contribution in [0.2, 0.25) is 0 Å². The van der Waals surface area contributed by atoms with Crippen molar-refractivity contribution in [2.45, 2.75) is 0 Å². The monoisotopic (exact) mass is 157 g/mol. The molecule has 1 rings (SSSR count). The number of amidine groups is 1. The molecule has 6 nitrogen and oxygen atoms in total. The van der Waals surface area contributed by atoms with Crippen molar-refractivity contribution in [3.63, 3.8) is 0 Å². The van der Waals surface area contributed by atoms with Gasteiger partial charge in [0, 0.05) is 0 Å². The molecule has 60 valence electrons. The number of aliphatic carboxylic acids is 1. The van der Waals surface area contributed by atoms with Crippen LogP contribution in [-0.4, -0.2) is 40.9 Å². The highest BCUT2D eigenvalue weighted by atomic mass is 16.4. The van der Waals surface area contributed by atoms with Crippen LogP contribution in [0.4, 0.5) is 0 Å². The van der Waals surface area contributed by atoms with Crippen molar-refractivity contribution in [2.24, 2.45) is 10.1 Å². The Labute approximate surface area is 62.3 Å². The van der Waals surface area contributed by atoms with Crippen molar-refractivity contribution in [2.75, 3.05) is 13.2 Å². The maximum absolute atomic E-state index is 10.2. The normalized spacial score (nSPS) is 18.6. The Morgan fingerprint density at radius 2 is 2.45 bits per heavy atom. The lowest BCUT2D eigenvalue weighted by atomic mass is 10.3. The van der Waals surface area contributed by atoms with Gasteiger partial charge in [-0.3, -0.25) is 10.4 Å². The first-order valence-corrected chi connectivity index (χ1v) is 2.98. The highest BCUT2D eigenvalue weighted by molar-refractivity contribution is 6.67. The summed E-state index contributed by atoms with van der Waals surface area (Å²) in [4.78, 5) is 13.9. The second-order valence-electron chi connectivity index (χ2n) is 1.83. The first-order chi connectivity index (χ1) is 5.25. The third kappa shape index (κ3) is 1.53. The summed E-state index contributed by atoms with van der Waals surface area (Å²) in [7, 11) is 0. The van der Waals surface area contributed by atoms with Gasteiger partial charge in [0.05, 0.1) is 13.2 Å². The molecule has 0 fully saturated rings. The largest absolute Gasteiger partial charge is 0.476 e. The summed E-state index contributed by atoms with van der Waals surface area (Å²) in [6.45, 7) is 0.0900. The molecular formula is C5H7N3O3. The summed E-state index contributed by atoms with van der Waals surface area (Å²) in [5.41, 5.74) is 2.27. The topological polar surface area (TPSA) is 94.3 Å². The Bertz CT molecular complexity index is 233. The zero-order chi connectivity index (χ0) is 8.27. The van der Waals surface area contributed by atoms with Crippen LogP contribution in [0.1, 0.15) is 0 Å². The van der Waals surface area contributed by atoms with Gasteiger partial charge in [-0.05, 0) is 0 Å². The zero-order valence-electron chi connectivity index (χ0n) is 5.61. The van der Waals surface area contributed by atoms with Gasteiger partial charge in [0.15, 0.2) is 5.84 Å². The summed E-state index contributed by atoms with van der Waals surface area (Å²) in [5, 5.41) is 20.1. The van der Waals surface area contributed by atoms with Crippen LogP contribution in [0.25, 0.3) is 0 Å². The number of carbonyl (C=O) groups is 1. The van der Waals surface area contributed by atoms with Gasteiger partial charge in [-0.1, -0.05) is 0 Å². The molecule has 0 saturated carbocycles. The number of hydrogen-bond donors (Lipinski definition) is 3. The molecule has 1 aliphatic heterocycles. The van der Waals surface area contributed by atoms with Crippen LogP contribution in [0, 0.1) is 0 Å². The van der Waals surface area contributed by atoms with Gasteiger partial charge in [-0.15, -0.1) is 0 Å². The fourth-order valence-corrected chi connectivity index (χ4v) is 0.583. The van der Waals surface area contributed by atoms with E-state index in [-0.39, 0.29) is 24.7 Å². The minimum Gasteiger partial charge on any atom is -0.476 e. The van der Waals surface area contributed by atoms with Crippen molar-refractivity contribution in [3.8, 4) is 0 Å². The van der Waals surface area contributed by atoms with Gasteiger partial charge in [-0.25, -0.2) is 4.79 Å². The highest BCUT2D eigenvalue weighted by Crippen LogP contribution is 1.92. The average molecular weight is 157 g/mol. The van der Waals surface area contributed by atoms with E-state index < -0.39 is 5.97 Å². The Balaban J connectivity index is 2.54. The van der Waals surface area contributed by atoms with E-state index in [0.717, 1.165) is 0 Å². The molecule has 0 amide bonds. The average Bonchev–Trinajstić information content (AvgIpc) is 1.84. The van der Waals surface area contributed by atoms with E-state index in [0.29, 0.717) is 0 Å². The molecule has 0 spiro atoms. The number of rotatable bonds is 3. The summed E-state index contributed by atoms with van der Waals surface area (Å²) in [5.74, 6) is -0.882. The minimum atomic E-state index is -1.11. The molecule has 0 bridgehead atoms. The third-order valence-electron chi connectivity index (χ3n) is 1.07. The van der Waals surface area contributed by atoms with Crippen LogP contribution < -0.4 is 5.43 Å². The summed E-state index contributed by atoms with van der Waals surface area (Å²) < 4.78 is 0. The van der Waals surface area contributed by atoms with E-state index in [1.807, 2.05) is 0 Å². The van der Waals surface area contributed by atoms with Gasteiger partial charge in [0.2, 0.25) is 5.71 Å². The highest BCUT2D eigenvalue weighted by Gasteiger charge is 2.24. The van der Waals surface area contributed by atoms with Crippen molar-refractivity contribution in [1.82, 2.24) is 5.43 Å². The number of aliphatic hydroxyl groups excluding tert-OH is 1. The lowest BCUT2D eigenvalue weighted by Gasteiger charge is -2.13. The number of carboxylic acids is 1. The number of hydrazone groups is 1. The number of aliphatic hydroxyl groups is 1. The standard InChI is InChI=1S/C5H7N3O3/c9-2-1-6-4-3(5(10)11)7-8-4/h9H,1-2H2,(H,6,8)(H,10,11). The molecule has 6 heteroatoms. The molecule has 0 radical (unpaired) electrons. The van der Waals surface area contributed by atoms with E-state index in [1.165, 1.54) is 0 Å². The summed E-state index contributed by atoms with van der Waals surface area (Å²) in [6.07, 6.45) is 0. The number of nitrogens with one attached hydrogen (secondary N) is 1. The second-order valence-corrected chi connectivity index (χ2v) is 1.83. The molecule has 0 saturated heterocycles. The molecule has 3 N–H and O–H groups in total. The maximum Gasteiger partial charge on any atom is 0.360 e. The lowest BCUT2D eigenvalue weighted by Crippen LogP contribution is -2.44. The van der Waals surface area contributed by atoms with Crippen molar-refractivity contribution < 1.29 is 15.0 Å². The van der Waals surface area contributed by atoms with E-state index in [2.05, 4.69) is 15.5 Å². The summed E-state index contributed by atoms with van der Waals surface area (Å²) in [6, 6.07) is 0. The number of hydrogen-bond acceptors (Lipinski definition) is 4. The predicted octanol–water partition coefficient (Wildman–Crippen LogP) is -1.58. The van der Waals surface area contributed by atoms with Gasteiger partial charge >= 0.3 is 5.97 Å². The first-order valence-electron chi connectivity index (χ1n) is 2.98. The predicted molar refractivity (Wildman–Crippen MR) is 37.6 cm³/mol. The second kappa shape index (κ2) is 3.11. The van der Waals surface area contributed by atoms with E-state index in [4.69, 9.17) is 10.2 Å². The van der Waals surface area contributed by atoms with Crippen molar-refractivity contribution in [3.05, 3.63) is 0 Å². The van der Waals surface area contributed by atoms with E-state index in [1.54, 1.807) is 0 Å². The van der Waals surface area contributed by atoms with Crippen LogP contribution >= 0.6 is 0 Å². The SMILES string of the molecule is O=C(O)C1=NNC1=NCCO. The van der Waals surface area contributed by atoms with Crippen molar-refractivity contribution >= 4 is 17.5 Å². The fraction of sp³-hybridized carbons (Fsp3) is 0.400. The Morgan fingerprint density at radius 3 is 2.82 bits per heavy atom. The van der Waals surface area contributed by atoms with Crippen LogP contribution in [0.5, 0.6) is 0 Å². The number of nitrogens with zero attached hydrogens (tertiary/aromatic N) is 2. The van der Waals surface area contributed by atoms with Gasteiger partial charge in [0.25, 0.3) is 0 Å². The van der Waals surface area contributed by atoms with Gasteiger partial charge in [0.1, 0.15) is 0 Å². The Hall–Kier alpha value is -1.43. The maximum atomic E-state index is 10.2. The molecule has 0 unspecified atom stereocenters. The first kappa shape index (κ1) is 7.67. The van der Waals surface area contributed by atoms with Crippen LogP contribution in [0.15, 0.2) is 10.1 Å². The molecule has 0 aliphatic carbocycles. The lowest BCUT2D eigenvalue weighted by molar-refractivity contribution is -0.129. The van der Waals surface area contributed by atoms with E-state index >= 15 is 0 Å². The summed E-state index contributed by atoms with van der Waals surface area (Å²) >= 11 is 0. The molecule has 0 aromatic heterocycles. The minimum absolute atomic E-state index is 0.0848. The van der Waals surface area contributed by atoms with Crippen molar-refractivity contribution in [1.29, 1.82) is 0 Å². The zero-order valence-corrected chi connectivity index (χ0v) is 5.61. The fourth-order valence-electron chi connectivity index (χ4n) is 0.583.